The molecule has 0 spiro atoms. The lowest BCUT2D eigenvalue weighted by molar-refractivity contribution is -0.117. The molecule has 122 valence electrons. The van der Waals surface area contributed by atoms with Gasteiger partial charge in [0.15, 0.2) is 11.5 Å². The number of aryl methyl sites for hydroxylation is 1. The number of anilines is 1. The van der Waals surface area contributed by atoms with Gasteiger partial charge >= 0.3 is 0 Å². The Morgan fingerprint density at radius 2 is 2.04 bits per heavy atom. The number of benzene rings is 1. The molecule has 1 saturated carbocycles. The van der Waals surface area contributed by atoms with Crippen molar-refractivity contribution in [2.24, 2.45) is 5.92 Å². The van der Waals surface area contributed by atoms with E-state index in [0.29, 0.717) is 17.3 Å². The number of fused-ring (bicyclic) bond motifs is 1. The van der Waals surface area contributed by atoms with Crippen LogP contribution in [0.25, 0.3) is 5.65 Å². The minimum atomic E-state index is 0.0332. The molecule has 0 aliphatic heterocycles. The quantitative estimate of drug-likeness (QED) is 0.781. The van der Waals surface area contributed by atoms with Gasteiger partial charge in [0.05, 0.1) is 6.20 Å². The fraction of sp³-hybridized carbons (Fsp3) is 0.278. The summed E-state index contributed by atoms with van der Waals surface area (Å²) in [4.78, 5) is 16.2. The van der Waals surface area contributed by atoms with Gasteiger partial charge in [0.1, 0.15) is 5.75 Å². The molecular weight excluding hydrogens is 304 g/mol. The van der Waals surface area contributed by atoms with Gasteiger partial charge in [-0.1, -0.05) is 19.1 Å². The van der Waals surface area contributed by atoms with Crippen molar-refractivity contribution in [1.82, 2.24) is 14.6 Å². The van der Waals surface area contributed by atoms with E-state index in [1.54, 1.807) is 16.8 Å². The Kier molecular flexibility index (Phi) is 3.65. The number of rotatable bonds is 5. The predicted molar refractivity (Wildman–Crippen MR) is 90.2 cm³/mol. The average molecular weight is 322 g/mol. The highest BCUT2D eigenvalue weighted by atomic mass is 16.5. The number of hydrogen-bond acceptors (Lipinski definition) is 4. The molecule has 6 nitrogen and oxygen atoms in total. The third-order valence-electron chi connectivity index (χ3n) is 4.05. The molecule has 4 rings (SSSR count). The van der Waals surface area contributed by atoms with Crippen LogP contribution in [0.3, 0.4) is 0 Å². The maximum absolute atomic E-state index is 11.8. The second kappa shape index (κ2) is 5.96. The van der Waals surface area contributed by atoms with Gasteiger partial charge in [-0.25, -0.2) is 9.50 Å². The van der Waals surface area contributed by atoms with E-state index in [1.165, 1.54) is 5.56 Å². The SMILES string of the molecule is CCc1ccc(Oc2ccc3nc(NC(=O)C4CC4)cn3n2)cc1. The van der Waals surface area contributed by atoms with E-state index in [4.69, 9.17) is 4.74 Å². The first-order valence-corrected chi connectivity index (χ1v) is 8.15. The first-order valence-electron chi connectivity index (χ1n) is 8.15. The molecule has 1 aromatic carbocycles. The largest absolute Gasteiger partial charge is 0.438 e. The Labute approximate surface area is 139 Å². The molecule has 0 bridgehead atoms. The van der Waals surface area contributed by atoms with E-state index in [1.807, 2.05) is 30.3 Å². The number of nitrogens with zero attached hydrogens (tertiary/aromatic N) is 3. The van der Waals surface area contributed by atoms with Crippen molar-refractivity contribution >= 4 is 17.4 Å². The van der Waals surface area contributed by atoms with Crippen molar-refractivity contribution in [3.63, 3.8) is 0 Å². The number of carbonyl (C=O) groups is 1. The Balaban J connectivity index is 1.52. The van der Waals surface area contributed by atoms with Crippen molar-refractivity contribution in [3.05, 3.63) is 48.2 Å². The average Bonchev–Trinajstić information content (AvgIpc) is 3.37. The van der Waals surface area contributed by atoms with Crippen LogP contribution in [-0.4, -0.2) is 20.5 Å². The van der Waals surface area contributed by atoms with E-state index in [2.05, 4.69) is 22.3 Å². The number of ether oxygens (including phenoxy) is 1. The van der Waals surface area contributed by atoms with Crippen LogP contribution in [0.1, 0.15) is 25.3 Å². The van der Waals surface area contributed by atoms with Crippen molar-refractivity contribution < 1.29 is 9.53 Å². The summed E-state index contributed by atoms with van der Waals surface area (Å²) < 4.78 is 7.39. The number of carbonyl (C=O) groups excluding carboxylic acids is 1. The maximum atomic E-state index is 11.8. The molecule has 0 atom stereocenters. The first kappa shape index (κ1) is 14.7. The summed E-state index contributed by atoms with van der Waals surface area (Å²) in [5.41, 5.74) is 1.92. The Morgan fingerprint density at radius 3 is 2.75 bits per heavy atom. The van der Waals surface area contributed by atoms with Gasteiger partial charge in [-0.05, 0) is 43.0 Å². The predicted octanol–water partition coefficient (Wildman–Crippen LogP) is 3.43. The van der Waals surface area contributed by atoms with Gasteiger partial charge in [0.25, 0.3) is 0 Å². The highest BCUT2D eigenvalue weighted by molar-refractivity contribution is 5.93. The van der Waals surface area contributed by atoms with Gasteiger partial charge in [-0.3, -0.25) is 4.79 Å². The van der Waals surface area contributed by atoms with Crippen LogP contribution in [0.5, 0.6) is 11.6 Å². The minimum Gasteiger partial charge on any atom is -0.438 e. The zero-order valence-electron chi connectivity index (χ0n) is 13.4. The van der Waals surface area contributed by atoms with E-state index >= 15 is 0 Å². The number of hydrogen-bond donors (Lipinski definition) is 1. The van der Waals surface area contributed by atoms with E-state index in [0.717, 1.165) is 25.0 Å². The second-order valence-electron chi connectivity index (χ2n) is 5.96. The molecule has 2 heterocycles. The Hall–Kier alpha value is -2.89. The summed E-state index contributed by atoms with van der Waals surface area (Å²) in [6.45, 7) is 2.12. The van der Waals surface area contributed by atoms with Crippen LogP contribution in [0, 0.1) is 5.92 Å². The smallest absolute Gasteiger partial charge is 0.237 e. The molecule has 2 aromatic heterocycles. The summed E-state index contributed by atoms with van der Waals surface area (Å²) in [5.74, 6) is 1.91. The lowest BCUT2D eigenvalue weighted by atomic mass is 10.2. The number of nitrogens with one attached hydrogen (secondary N) is 1. The molecule has 0 unspecified atom stereocenters. The van der Waals surface area contributed by atoms with Crippen molar-refractivity contribution in [2.45, 2.75) is 26.2 Å². The molecule has 1 N–H and O–H groups in total. The highest BCUT2D eigenvalue weighted by Crippen LogP contribution is 2.30. The van der Waals surface area contributed by atoms with Gasteiger partial charge in [0, 0.05) is 12.0 Å². The number of amides is 1. The summed E-state index contributed by atoms with van der Waals surface area (Å²) in [6, 6.07) is 11.5. The Bertz CT molecular complexity index is 882. The zero-order chi connectivity index (χ0) is 16.5. The number of imidazole rings is 1. The second-order valence-corrected chi connectivity index (χ2v) is 5.96. The van der Waals surface area contributed by atoms with Gasteiger partial charge in [-0.15, -0.1) is 5.10 Å². The molecule has 1 aliphatic carbocycles. The molecule has 0 radical (unpaired) electrons. The standard InChI is InChI=1S/C18H18N4O2/c1-2-12-3-7-14(8-4-12)24-17-10-9-16-19-15(11-22(16)21-17)20-18(23)13-5-6-13/h3-4,7-11,13H,2,5-6H2,1H3,(H,20,23). The Morgan fingerprint density at radius 1 is 1.25 bits per heavy atom. The van der Waals surface area contributed by atoms with Crippen LogP contribution >= 0.6 is 0 Å². The topological polar surface area (TPSA) is 68.5 Å². The summed E-state index contributed by atoms with van der Waals surface area (Å²) in [6.07, 6.45) is 4.62. The van der Waals surface area contributed by atoms with Gasteiger partial charge in [-0.2, -0.15) is 0 Å². The molecular formula is C18H18N4O2. The summed E-state index contributed by atoms with van der Waals surface area (Å²) >= 11 is 0. The fourth-order valence-corrected chi connectivity index (χ4v) is 2.47. The first-order chi connectivity index (χ1) is 11.7. The maximum Gasteiger partial charge on any atom is 0.237 e. The van der Waals surface area contributed by atoms with Crippen molar-refractivity contribution in [3.8, 4) is 11.6 Å². The lowest BCUT2D eigenvalue weighted by Crippen LogP contribution is -2.13. The number of aromatic nitrogens is 3. The van der Waals surface area contributed by atoms with Crippen molar-refractivity contribution in [2.75, 3.05) is 5.32 Å². The molecule has 1 fully saturated rings. The minimum absolute atomic E-state index is 0.0332. The van der Waals surface area contributed by atoms with Crippen molar-refractivity contribution in [1.29, 1.82) is 0 Å². The van der Waals surface area contributed by atoms with Crippen LogP contribution < -0.4 is 10.1 Å². The third-order valence-corrected chi connectivity index (χ3v) is 4.05. The summed E-state index contributed by atoms with van der Waals surface area (Å²) in [5, 5.41) is 7.21. The van der Waals surface area contributed by atoms with Crippen LogP contribution in [0.4, 0.5) is 5.82 Å². The summed E-state index contributed by atoms with van der Waals surface area (Å²) in [7, 11) is 0. The normalized spacial score (nSPS) is 13.9. The molecule has 6 heteroatoms. The van der Waals surface area contributed by atoms with E-state index in [-0.39, 0.29) is 11.8 Å². The molecule has 1 amide bonds. The third kappa shape index (κ3) is 3.08. The lowest BCUT2D eigenvalue weighted by Gasteiger charge is -2.05. The fourth-order valence-electron chi connectivity index (χ4n) is 2.47. The zero-order valence-corrected chi connectivity index (χ0v) is 13.4. The van der Waals surface area contributed by atoms with Gasteiger partial charge < -0.3 is 10.1 Å². The molecule has 0 saturated heterocycles. The van der Waals surface area contributed by atoms with Crippen LogP contribution in [0.15, 0.2) is 42.6 Å². The highest BCUT2D eigenvalue weighted by Gasteiger charge is 2.30. The van der Waals surface area contributed by atoms with E-state index < -0.39 is 0 Å². The van der Waals surface area contributed by atoms with Crippen LogP contribution in [-0.2, 0) is 11.2 Å². The van der Waals surface area contributed by atoms with Crippen LogP contribution in [0.2, 0.25) is 0 Å². The molecule has 24 heavy (non-hydrogen) atoms. The molecule has 3 aromatic rings. The van der Waals surface area contributed by atoms with Gasteiger partial charge in [0.2, 0.25) is 11.8 Å². The monoisotopic (exact) mass is 322 g/mol. The van der Waals surface area contributed by atoms with E-state index in [9.17, 15) is 4.79 Å². The molecule has 1 aliphatic rings.